The van der Waals surface area contributed by atoms with Crippen LogP contribution in [0.3, 0.4) is 0 Å². The second-order valence-electron chi connectivity index (χ2n) is 4.60. The molecule has 1 unspecified atom stereocenters. The maximum atomic E-state index is 11.6. The smallest absolute Gasteiger partial charge is 0.450 e. The number of rotatable bonds is 4. The first-order valence-corrected chi connectivity index (χ1v) is 6.05. The zero-order valence-electron chi connectivity index (χ0n) is 9.80. The highest BCUT2D eigenvalue weighted by Crippen LogP contribution is 2.15. The lowest BCUT2D eigenvalue weighted by atomic mass is 10.3. The number of ether oxygens (including phenoxy) is 1. The molecule has 1 amide bonds. The van der Waals surface area contributed by atoms with Crippen molar-refractivity contribution in [1.29, 1.82) is 0 Å². The number of hydrogen-bond acceptors (Lipinski definition) is 4. The van der Waals surface area contributed by atoms with E-state index in [1.165, 1.54) is 12.8 Å². The number of nitrogens with zero attached hydrogens (tertiary/aromatic N) is 2. The average molecular weight is 242 g/mol. The molecule has 17 heavy (non-hydrogen) atoms. The minimum Gasteiger partial charge on any atom is -0.450 e. The summed E-state index contributed by atoms with van der Waals surface area (Å²) in [5, 5.41) is 8.49. The van der Waals surface area contributed by atoms with Crippen LogP contribution in [0, 0.1) is 0 Å². The largest absolute Gasteiger partial charge is 0.506 e. The van der Waals surface area contributed by atoms with E-state index in [0.29, 0.717) is 13.1 Å². The van der Waals surface area contributed by atoms with E-state index in [0.717, 1.165) is 19.6 Å². The van der Waals surface area contributed by atoms with Gasteiger partial charge in [-0.15, -0.1) is 0 Å². The monoisotopic (exact) mass is 242 g/mol. The van der Waals surface area contributed by atoms with Crippen molar-refractivity contribution in [2.24, 2.45) is 0 Å². The van der Waals surface area contributed by atoms with Gasteiger partial charge in [0.2, 0.25) is 5.91 Å². The van der Waals surface area contributed by atoms with Crippen LogP contribution >= 0.6 is 0 Å². The van der Waals surface area contributed by atoms with Gasteiger partial charge in [-0.2, -0.15) is 0 Å². The quantitative estimate of drug-likeness (QED) is 0.722. The molecule has 1 atom stereocenters. The van der Waals surface area contributed by atoms with Crippen molar-refractivity contribution >= 4 is 12.1 Å². The van der Waals surface area contributed by atoms with Crippen molar-refractivity contribution in [3.05, 3.63) is 0 Å². The Labute approximate surface area is 100 Å². The first kappa shape index (κ1) is 12.2. The lowest BCUT2D eigenvalue weighted by molar-refractivity contribution is -0.127. The number of carbonyl (C=O) groups excluding carboxylic acids is 1. The summed E-state index contributed by atoms with van der Waals surface area (Å²) in [7, 11) is 0. The first-order chi connectivity index (χ1) is 8.15. The van der Waals surface area contributed by atoms with Crippen LogP contribution in [0.2, 0.25) is 0 Å². The molecule has 0 aromatic rings. The Morgan fingerprint density at radius 1 is 1.35 bits per heavy atom. The maximum Gasteiger partial charge on any atom is 0.506 e. The van der Waals surface area contributed by atoms with E-state index in [4.69, 9.17) is 5.11 Å². The highest BCUT2D eigenvalue weighted by Gasteiger charge is 2.32. The van der Waals surface area contributed by atoms with Crippen LogP contribution < -0.4 is 0 Å². The lowest BCUT2D eigenvalue weighted by Gasteiger charge is -2.20. The minimum atomic E-state index is -1.30. The van der Waals surface area contributed by atoms with E-state index in [1.807, 2.05) is 0 Å². The zero-order chi connectivity index (χ0) is 12.3. The van der Waals surface area contributed by atoms with Crippen LogP contribution in [0.5, 0.6) is 0 Å². The normalized spacial score (nSPS) is 25.5. The maximum absolute atomic E-state index is 11.6. The second-order valence-corrected chi connectivity index (χ2v) is 4.60. The molecule has 2 aliphatic rings. The summed E-state index contributed by atoms with van der Waals surface area (Å²) >= 11 is 0. The van der Waals surface area contributed by atoms with Gasteiger partial charge in [0.05, 0.1) is 13.0 Å². The predicted octanol–water partition coefficient (Wildman–Crippen LogP) is 0.378. The molecular formula is C11H18N2O4. The van der Waals surface area contributed by atoms with Crippen LogP contribution in [-0.4, -0.2) is 65.8 Å². The molecule has 0 aromatic heterocycles. The van der Waals surface area contributed by atoms with E-state index in [2.05, 4.69) is 9.64 Å². The Balaban J connectivity index is 1.73. The minimum absolute atomic E-state index is 0.00422. The molecule has 0 aliphatic carbocycles. The molecule has 1 N–H and O–H groups in total. The van der Waals surface area contributed by atoms with Crippen molar-refractivity contribution < 1.29 is 19.4 Å². The summed E-state index contributed by atoms with van der Waals surface area (Å²) in [5.41, 5.74) is 0. The van der Waals surface area contributed by atoms with Gasteiger partial charge in [-0.05, 0) is 25.9 Å². The zero-order valence-corrected chi connectivity index (χ0v) is 9.80. The molecule has 0 spiro atoms. The Kier molecular flexibility index (Phi) is 3.83. The van der Waals surface area contributed by atoms with Gasteiger partial charge in [-0.1, -0.05) is 0 Å². The van der Waals surface area contributed by atoms with Gasteiger partial charge in [-0.25, -0.2) is 4.79 Å². The van der Waals surface area contributed by atoms with Gasteiger partial charge in [0.25, 0.3) is 0 Å². The number of likely N-dealkylation sites (tertiary alicyclic amines) is 2. The van der Waals surface area contributed by atoms with Gasteiger partial charge in [0.1, 0.15) is 6.10 Å². The van der Waals surface area contributed by atoms with Crippen LogP contribution in [0.1, 0.15) is 19.3 Å². The summed E-state index contributed by atoms with van der Waals surface area (Å²) in [6, 6.07) is 0. The molecule has 0 aromatic carbocycles. The molecular weight excluding hydrogens is 224 g/mol. The van der Waals surface area contributed by atoms with E-state index in [1.54, 1.807) is 4.90 Å². The molecule has 96 valence electrons. The molecule has 2 heterocycles. The van der Waals surface area contributed by atoms with Gasteiger partial charge >= 0.3 is 6.16 Å². The summed E-state index contributed by atoms with van der Waals surface area (Å²) in [4.78, 5) is 26.0. The molecule has 2 fully saturated rings. The van der Waals surface area contributed by atoms with Crippen molar-refractivity contribution in [2.45, 2.75) is 25.4 Å². The topological polar surface area (TPSA) is 70.1 Å². The van der Waals surface area contributed by atoms with Crippen LogP contribution in [0.25, 0.3) is 0 Å². The van der Waals surface area contributed by atoms with Gasteiger partial charge in [-0.3, -0.25) is 4.79 Å². The summed E-state index contributed by atoms with van der Waals surface area (Å²) in [6.45, 7) is 4.18. The van der Waals surface area contributed by atoms with Crippen LogP contribution in [-0.2, 0) is 9.53 Å². The van der Waals surface area contributed by atoms with Gasteiger partial charge in [0.15, 0.2) is 0 Å². The number of carboxylic acid groups (broad SMARTS) is 1. The van der Waals surface area contributed by atoms with Crippen molar-refractivity contribution in [3.8, 4) is 0 Å². The molecule has 2 saturated heterocycles. The van der Waals surface area contributed by atoms with Crippen LogP contribution in [0.4, 0.5) is 4.79 Å². The number of carbonyl (C=O) groups is 2. The Morgan fingerprint density at radius 3 is 2.71 bits per heavy atom. The fourth-order valence-electron chi connectivity index (χ4n) is 2.44. The third-order valence-corrected chi connectivity index (χ3v) is 3.33. The van der Waals surface area contributed by atoms with E-state index < -0.39 is 12.3 Å². The second kappa shape index (κ2) is 5.35. The lowest BCUT2D eigenvalue weighted by Crippen LogP contribution is -2.35. The molecule has 0 saturated carbocycles. The summed E-state index contributed by atoms with van der Waals surface area (Å²) < 4.78 is 4.62. The predicted molar refractivity (Wildman–Crippen MR) is 59.8 cm³/mol. The van der Waals surface area contributed by atoms with E-state index in [9.17, 15) is 9.59 Å². The van der Waals surface area contributed by atoms with Crippen molar-refractivity contribution in [1.82, 2.24) is 9.80 Å². The third-order valence-electron chi connectivity index (χ3n) is 3.33. The standard InChI is InChI=1S/C11H18N2O4/c14-10-7-9(17-11(15)16)8-13(10)6-5-12-3-1-2-4-12/h9H,1-8H2,(H,15,16). The fourth-order valence-corrected chi connectivity index (χ4v) is 2.44. The molecule has 6 nitrogen and oxygen atoms in total. The van der Waals surface area contributed by atoms with Gasteiger partial charge < -0.3 is 19.6 Å². The highest BCUT2D eigenvalue weighted by molar-refractivity contribution is 5.79. The molecule has 2 rings (SSSR count). The molecule has 2 aliphatic heterocycles. The van der Waals surface area contributed by atoms with Gasteiger partial charge in [0, 0.05) is 13.1 Å². The summed E-state index contributed by atoms with van der Waals surface area (Å²) in [5.74, 6) is -0.00422. The number of amides is 1. The van der Waals surface area contributed by atoms with Crippen LogP contribution in [0.15, 0.2) is 0 Å². The third kappa shape index (κ3) is 3.33. The molecule has 0 radical (unpaired) electrons. The van der Waals surface area contributed by atoms with Crippen molar-refractivity contribution in [2.75, 3.05) is 32.7 Å². The number of hydrogen-bond donors (Lipinski definition) is 1. The van der Waals surface area contributed by atoms with E-state index >= 15 is 0 Å². The first-order valence-electron chi connectivity index (χ1n) is 6.05. The Morgan fingerprint density at radius 2 is 2.06 bits per heavy atom. The van der Waals surface area contributed by atoms with E-state index in [-0.39, 0.29) is 12.3 Å². The SMILES string of the molecule is O=C(O)OC1CC(=O)N(CCN2CCCC2)C1. The van der Waals surface area contributed by atoms with Crippen molar-refractivity contribution in [3.63, 3.8) is 0 Å². The molecule has 0 bridgehead atoms. The summed E-state index contributed by atoms with van der Waals surface area (Å²) in [6.07, 6.45) is 0.867. The average Bonchev–Trinajstić information content (AvgIpc) is 2.84. The Bertz CT molecular complexity index is 302. The molecule has 6 heteroatoms. The highest BCUT2D eigenvalue weighted by atomic mass is 16.7. The Hall–Kier alpha value is -1.30. The fraction of sp³-hybridized carbons (Fsp3) is 0.818.